The van der Waals surface area contributed by atoms with E-state index in [9.17, 15) is 9.59 Å². The molecule has 6 nitrogen and oxygen atoms in total. The molecule has 1 unspecified atom stereocenters. The molecule has 2 heterocycles. The summed E-state index contributed by atoms with van der Waals surface area (Å²) in [6, 6.07) is 16.8. The highest BCUT2D eigenvalue weighted by molar-refractivity contribution is 8.18. The fraction of sp³-hybridized carbons (Fsp3) is 0.130. The van der Waals surface area contributed by atoms with E-state index in [1.807, 2.05) is 48.5 Å². The summed E-state index contributed by atoms with van der Waals surface area (Å²) >= 11 is 7.63. The van der Waals surface area contributed by atoms with Gasteiger partial charge in [-0.25, -0.2) is 4.99 Å². The number of nitrogens with two attached hydrogens (primary N) is 1. The van der Waals surface area contributed by atoms with Crippen LogP contribution in [0.1, 0.15) is 27.9 Å². The second kappa shape index (κ2) is 9.32. The van der Waals surface area contributed by atoms with Crippen LogP contribution in [0.2, 0.25) is 0 Å². The zero-order chi connectivity index (χ0) is 21.8. The van der Waals surface area contributed by atoms with Gasteiger partial charge in [0, 0.05) is 17.1 Å². The average Bonchev–Trinajstić information content (AvgIpc) is 3.10. The van der Waals surface area contributed by atoms with Crippen LogP contribution in [0.4, 0.5) is 0 Å². The summed E-state index contributed by atoms with van der Waals surface area (Å²) in [4.78, 5) is 32.7. The Kier molecular flexibility index (Phi) is 6.34. The second-order valence-corrected chi connectivity index (χ2v) is 8.52. The number of halogens is 1. The van der Waals surface area contributed by atoms with Crippen LogP contribution in [-0.2, 0) is 11.2 Å². The molecule has 0 radical (unpaired) electrons. The highest BCUT2D eigenvalue weighted by atomic mass is 35.5. The van der Waals surface area contributed by atoms with Gasteiger partial charge in [-0.05, 0) is 72.1 Å². The largest absolute Gasteiger partial charge is 0.366 e. The fourth-order valence-electron chi connectivity index (χ4n) is 3.14. The molecule has 3 N–H and O–H groups in total. The molecule has 3 aromatic rings. The van der Waals surface area contributed by atoms with E-state index in [1.54, 1.807) is 18.3 Å². The van der Waals surface area contributed by atoms with E-state index >= 15 is 0 Å². The van der Waals surface area contributed by atoms with Gasteiger partial charge in [-0.1, -0.05) is 35.9 Å². The summed E-state index contributed by atoms with van der Waals surface area (Å²) in [7, 11) is 0. The highest BCUT2D eigenvalue weighted by Crippen LogP contribution is 2.28. The molecule has 4 rings (SSSR count). The van der Waals surface area contributed by atoms with Gasteiger partial charge in [-0.2, -0.15) is 0 Å². The number of rotatable bonds is 6. The van der Waals surface area contributed by atoms with E-state index in [2.05, 4.69) is 15.3 Å². The van der Waals surface area contributed by atoms with Crippen molar-refractivity contribution in [3.05, 3.63) is 82.4 Å². The third-order valence-corrected chi connectivity index (χ3v) is 5.98. The number of nitrogens with one attached hydrogen (secondary N) is 1. The second-order valence-electron chi connectivity index (χ2n) is 6.99. The monoisotopic (exact) mass is 450 g/mol. The summed E-state index contributed by atoms with van der Waals surface area (Å²) in [6.45, 7) is 0. The van der Waals surface area contributed by atoms with Crippen LogP contribution in [0.15, 0.2) is 70.7 Å². The van der Waals surface area contributed by atoms with Crippen LogP contribution in [0.3, 0.4) is 0 Å². The number of amides is 2. The molecular formula is C23H19ClN4O2S. The van der Waals surface area contributed by atoms with Crippen LogP contribution in [0.25, 0.3) is 17.0 Å². The molecule has 0 spiro atoms. The standard InChI is InChI=1S/C23H19ClN4O2S/c24-20(10-6-14-3-7-16(8-4-14)21(25)29)27-23-28-22(30)19(31-23)13-15-5-9-18-17(12-15)2-1-11-26-18/h1-5,7-9,11-13,20H,6,10H2,(H2,25,29)(H,27,28,30). The lowest BCUT2D eigenvalue weighted by atomic mass is 10.1. The predicted molar refractivity (Wildman–Crippen MR) is 126 cm³/mol. The molecule has 1 saturated heterocycles. The molecule has 0 bridgehead atoms. The van der Waals surface area contributed by atoms with E-state index < -0.39 is 11.4 Å². The van der Waals surface area contributed by atoms with Crippen molar-refractivity contribution in [2.75, 3.05) is 0 Å². The number of primary amides is 1. The Morgan fingerprint density at radius 3 is 2.81 bits per heavy atom. The van der Waals surface area contributed by atoms with Crippen molar-refractivity contribution in [2.24, 2.45) is 10.7 Å². The maximum Gasteiger partial charge on any atom is 0.264 e. The highest BCUT2D eigenvalue weighted by Gasteiger charge is 2.24. The number of aromatic nitrogens is 1. The third kappa shape index (κ3) is 5.31. The van der Waals surface area contributed by atoms with Crippen LogP contribution in [0.5, 0.6) is 0 Å². The number of thioether (sulfide) groups is 1. The maximum atomic E-state index is 12.3. The number of hydrogen-bond donors (Lipinski definition) is 2. The van der Waals surface area contributed by atoms with E-state index in [4.69, 9.17) is 17.3 Å². The predicted octanol–water partition coefficient (Wildman–Crippen LogP) is 4.09. The molecule has 8 heteroatoms. The summed E-state index contributed by atoms with van der Waals surface area (Å²) in [6.07, 6.45) is 4.87. The maximum absolute atomic E-state index is 12.3. The van der Waals surface area contributed by atoms with E-state index in [1.165, 1.54) is 11.8 Å². The van der Waals surface area contributed by atoms with Gasteiger partial charge in [0.25, 0.3) is 5.91 Å². The van der Waals surface area contributed by atoms with Crippen molar-refractivity contribution in [3.63, 3.8) is 0 Å². The van der Waals surface area contributed by atoms with Gasteiger partial charge in [-0.3, -0.25) is 14.6 Å². The zero-order valence-electron chi connectivity index (χ0n) is 16.4. The van der Waals surface area contributed by atoms with Gasteiger partial charge in [0.15, 0.2) is 5.17 Å². The van der Waals surface area contributed by atoms with Crippen molar-refractivity contribution in [1.29, 1.82) is 0 Å². The van der Waals surface area contributed by atoms with Gasteiger partial charge in [0.1, 0.15) is 5.50 Å². The fourth-order valence-corrected chi connectivity index (χ4v) is 4.27. The van der Waals surface area contributed by atoms with Crippen molar-refractivity contribution < 1.29 is 9.59 Å². The topological polar surface area (TPSA) is 97.4 Å². The average molecular weight is 451 g/mol. The quantitative estimate of drug-likeness (QED) is 0.335. The Bertz CT molecular complexity index is 1210. The van der Waals surface area contributed by atoms with E-state index in [0.717, 1.165) is 22.0 Å². The number of aliphatic imine (C=N–C) groups is 1. The summed E-state index contributed by atoms with van der Waals surface area (Å²) in [5.74, 6) is -0.646. The Hall–Kier alpha value is -3.16. The number of carbonyl (C=O) groups is 2. The first-order chi connectivity index (χ1) is 15.0. The number of hydrogen-bond acceptors (Lipinski definition) is 5. The lowest BCUT2D eigenvalue weighted by Crippen LogP contribution is -2.20. The smallest absolute Gasteiger partial charge is 0.264 e. The minimum atomic E-state index is -0.482. The van der Waals surface area contributed by atoms with Crippen LogP contribution < -0.4 is 11.1 Å². The number of fused-ring (bicyclic) bond motifs is 1. The van der Waals surface area contributed by atoms with Crippen LogP contribution in [0, 0.1) is 0 Å². The molecule has 1 fully saturated rings. The van der Waals surface area contributed by atoms with Crippen molar-refractivity contribution in [2.45, 2.75) is 18.3 Å². The first-order valence-electron chi connectivity index (χ1n) is 9.64. The van der Waals surface area contributed by atoms with Crippen LogP contribution in [-0.4, -0.2) is 27.5 Å². The lowest BCUT2D eigenvalue weighted by Gasteiger charge is -2.06. The number of nitrogens with zero attached hydrogens (tertiary/aromatic N) is 2. The van der Waals surface area contributed by atoms with Crippen molar-refractivity contribution in [3.8, 4) is 0 Å². The Morgan fingerprint density at radius 2 is 2.03 bits per heavy atom. The number of alkyl halides is 1. The number of aryl methyl sites for hydroxylation is 1. The molecule has 2 aromatic carbocycles. The summed E-state index contributed by atoms with van der Waals surface area (Å²) < 4.78 is 0. The summed E-state index contributed by atoms with van der Waals surface area (Å²) in [5, 5.41) is 4.27. The number of benzene rings is 2. The molecule has 2 amide bonds. The van der Waals surface area contributed by atoms with Gasteiger partial charge in [0.2, 0.25) is 5.91 Å². The van der Waals surface area contributed by atoms with E-state index in [0.29, 0.717) is 28.5 Å². The lowest BCUT2D eigenvalue weighted by molar-refractivity contribution is -0.115. The third-order valence-electron chi connectivity index (χ3n) is 4.74. The minimum Gasteiger partial charge on any atom is -0.366 e. The summed E-state index contributed by atoms with van der Waals surface area (Å²) in [5.41, 5.74) is 8.10. The minimum absolute atomic E-state index is 0.194. The van der Waals surface area contributed by atoms with Gasteiger partial charge in [0.05, 0.1) is 10.4 Å². The van der Waals surface area contributed by atoms with Gasteiger partial charge < -0.3 is 11.1 Å². The molecule has 156 valence electrons. The van der Waals surface area contributed by atoms with E-state index in [-0.39, 0.29) is 5.91 Å². The normalized spacial score (nSPS) is 17.3. The first kappa shape index (κ1) is 21.1. The van der Waals surface area contributed by atoms with Gasteiger partial charge >= 0.3 is 0 Å². The zero-order valence-corrected chi connectivity index (χ0v) is 18.0. The molecule has 1 aromatic heterocycles. The molecule has 1 aliphatic rings. The number of carbonyl (C=O) groups excluding carboxylic acids is 2. The SMILES string of the molecule is NC(=O)c1ccc(CCC(Cl)N=C2NC(=O)C(=Cc3ccc4ncccc4c3)S2)cc1. The van der Waals surface area contributed by atoms with Gasteiger partial charge in [-0.15, -0.1) is 0 Å². The number of amidine groups is 1. The number of pyridine rings is 1. The first-order valence-corrected chi connectivity index (χ1v) is 10.9. The molecule has 1 atom stereocenters. The molecule has 1 aliphatic heterocycles. The molecular weight excluding hydrogens is 432 g/mol. The van der Waals surface area contributed by atoms with Crippen molar-refractivity contribution >= 4 is 57.3 Å². The molecule has 0 saturated carbocycles. The van der Waals surface area contributed by atoms with Crippen molar-refractivity contribution in [1.82, 2.24) is 10.3 Å². The molecule has 0 aliphatic carbocycles. The Balaban J connectivity index is 1.39. The Labute approximate surface area is 188 Å². The molecule has 31 heavy (non-hydrogen) atoms. The Morgan fingerprint density at radius 1 is 1.23 bits per heavy atom. The van der Waals surface area contributed by atoms with Crippen LogP contribution >= 0.6 is 23.4 Å².